The maximum atomic E-state index is 11.4. The van der Waals surface area contributed by atoms with Crippen LogP contribution in [-0.2, 0) is 10.0 Å². The van der Waals surface area contributed by atoms with Gasteiger partial charge in [-0.15, -0.1) is 0 Å². The van der Waals surface area contributed by atoms with Gasteiger partial charge in [-0.1, -0.05) is 35.9 Å². The molecule has 0 saturated heterocycles. The van der Waals surface area contributed by atoms with Gasteiger partial charge in [0.1, 0.15) is 4.90 Å². The standard InChI is InChI=1S/C18H15ClN2O2S/c19-13-3-1-12(2-4-13)15-9-18(7-8-18)10-16(15)17-6-5-14(11-21-17)24(20,22)23/h1-6,9-11H,7-8H2,(H2,20,22,23). The summed E-state index contributed by atoms with van der Waals surface area (Å²) >= 11 is 5.99. The fraction of sp³-hybridized carbons (Fsp3) is 0.167. The van der Waals surface area contributed by atoms with Gasteiger partial charge in [0.25, 0.3) is 0 Å². The molecule has 0 aliphatic heterocycles. The molecular formula is C18H15ClN2O2S. The highest BCUT2D eigenvalue weighted by Crippen LogP contribution is 2.57. The highest BCUT2D eigenvalue weighted by Gasteiger charge is 2.43. The van der Waals surface area contributed by atoms with Crippen molar-refractivity contribution < 1.29 is 8.42 Å². The molecule has 2 aliphatic rings. The van der Waals surface area contributed by atoms with Crippen molar-refractivity contribution in [2.24, 2.45) is 10.6 Å². The molecule has 2 aliphatic carbocycles. The first-order valence-corrected chi connectivity index (χ1v) is 9.50. The molecule has 1 aromatic carbocycles. The Bertz CT molecular complexity index is 971. The number of pyridine rings is 1. The lowest BCUT2D eigenvalue weighted by Crippen LogP contribution is -2.12. The zero-order valence-electron chi connectivity index (χ0n) is 12.7. The summed E-state index contributed by atoms with van der Waals surface area (Å²) in [7, 11) is -3.74. The molecule has 24 heavy (non-hydrogen) atoms. The molecule has 4 rings (SSSR count). The summed E-state index contributed by atoms with van der Waals surface area (Å²) in [6.45, 7) is 0. The van der Waals surface area contributed by atoms with E-state index in [0.29, 0.717) is 5.02 Å². The zero-order valence-corrected chi connectivity index (χ0v) is 14.3. The zero-order chi connectivity index (χ0) is 16.9. The van der Waals surface area contributed by atoms with E-state index in [1.165, 1.54) is 12.3 Å². The molecular weight excluding hydrogens is 344 g/mol. The molecule has 0 radical (unpaired) electrons. The van der Waals surface area contributed by atoms with Crippen molar-refractivity contribution in [3.05, 3.63) is 71.0 Å². The monoisotopic (exact) mass is 358 g/mol. The first-order chi connectivity index (χ1) is 11.4. The number of halogens is 1. The van der Waals surface area contributed by atoms with Crippen LogP contribution >= 0.6 is 11.6 Å². The van der Waals surface area contributed by atoms with Crippen molar-refractivity contribution in [3.8, 4) is 0 Å². The number of rotatable bonds is 3. The fourth-order valence-electron chi connectivity index (χ4n) is 2.99. The lowest BCUT2D eigenvalue weighted by atomic mass is 9.98. The fourth-order valence-corrected chi connectivity index (χ4v) is 3.58. The van der Waals surface area contributed by atoms with Gasteiger partial charge in [0.2, 0.25) is 10.0 Å². The van der Waals surface area contributed by atoms with Gasteiger partial charge in [0, 0.05) is 22.2 Å². The van der Waals surface area contributed by atoms with Gasteiger partial charge in [-0.3, -0.25) is 4.98 Å². The summed E-state index contributed by atoms with van der Waals surface area (Å²) in [6.07, 6.45) is 8.07. The number of nitrogens with two attached hydrogens (primary N) is 1. The molecule has 1 heterocycles. The molecule has 1 saturated carbocycles. The third kappa shape index (κ3) is 2.79. The number of nitrogens with zero attached hydrogens (tertiary/aromatic N) is 1. The molecule has 0 unspecified atom stereocenters. The minimum Gasteiger partial charge on any atom is -0.255 e. The SMILES string of the molecule is NS(=O)(=O)c1ccc(C2=CC3(C=C2c2ccc(Cl)cc2)CC3)nc1. The van der Waals surface area contributed by atoms with Crippen LogP contribution in [0.3, 0.4) is 0 Å². The van der Waals surface area contributed by atoms with Crippen LogP contribution in [0.5, 0.6) is 0 Å². The molecule has 2 aromatic rings. The Hall–Kier alpha value is -1.95. The Kier molecular flexibility index (Phi) is 3.42. The van der Waals surface area contributed by atoms with E-state index in [1.54, 1.807) is 6.07 Å². The van der Waals surface area contributed by atoms with Gasteiger partial charge in [-0.05, 0) is 48.2 Å². The molecule has 2 N–H and O–H groups in total. The van der Waals surface area contributed by atoms with Crippen LogP contribution in [0.2, 0.25) is 5.02 Å². The lowest BCUT2D eigenvalue weighted by Gasteiger charge is -2.09. The first-order valence-electron chi connectivity index (χ1n) is 7.58. The second-order valence-electron chi connectivity index (χ2n) is 6.28. The van der Waals surface area contributed by atoms with Crippen molar-refractivity contribution >= 4 is 32.8 Å². The van der Waals surface area contributed by atoms with Gasteiger partial charge in [-0.2, -0.15) is 0 Å². The van der Waals surface area contributed by atoms with E-state index in [4.69, 9.17) is 16.7 Å². The maximum absolute atomic E-state index is 11.4. The van der Waals surface area contributed by atoms with Crippen molar-refractivity contribution in [1.82, 2.24) is 4.98 Å². The van der Waals surface area contributed by atoms with Crippen LogP contribution in [0.15, 0.2) is 59.6 Å². The van der Waals surface area contributed by atoms with E-state index in [9.17, 15) is 8.42 Å². The van der Waals surface area contributed by atoms with Crippen LogP contribution in [0.4, 0.5) is 0 Å². The van der Waals surface area contributed by atoms with E-state index in [-0.39, 0.29) is 10.3 Å². The smallest absolute Gasteiger partial charge is 0.239 e. The summed E-state index contributed by atoms with van der Waals surface area (Å²) in [4.78, 5) is 4.34. The third-order valence-electron chi connectivity index (χ3n) is 4.48. The number of hydrogen-bond acceptors (Lipinski definition) is 3. The van der Waals surface area contributed by atoms with Gasteiger partial charge in [0.05, 0.1) is 5.69 Å². The number of hydrogen-bond donors (Lipinski definition) is 1. The normalized spacial score (nSPS) is 18.4. The largest absolute Gasteiger partial charge is 0.255 e. The molecule has 6 heteroatoms. The van der Waals surface area contributed by atoms with Crippen LogP contribution in [-0.4, -0.2) is 13.4 Å². The summed E-state index contributed by atoms with van der Waals surface area (Å²) in [6, 6.07) is 10.9. The van der Waals surface area contributed by atoms with Crippen molar-refractivity contribution in [3.63, 3.8) is 0 Å². The Morgan fingerprint density at radius 2 is 1.67 bits per heavy atom. The van der Waals surface area contributed by atoms with E-state index in [0.717, 1.165) is 35.2 Å². The number of sulfonamides is 1. The molecule has 1 fully saturated rings. The quantitative estimate of drug-likeness (QED) is 0.910. The molecule has 1 spiro atoms. The lowest BCUT2D eigenvalue weighted by molar-refractivity contribution is 0.597. The highest BCUT2D eigenvalue weighted by atomic mass is 35.5. The molecule has 0 bridgehead atoms. The highest BCUT2D eigenvalue weighted by molar-refractivity contribution is 7.89. The van der Waals surface area contributed by atoms with Gasteiger partial charge in [-0.25, -0.2) is 13.6 Å². The summed E-state index contributed by atoms with van der Waals surface area (Å²) in [5, 5.41) is 5.83. The Morgan fingerprint density at radius 1 is 1.00 bits per heavy atom. The molecule has 4 nitrogen and oxygen atoms in total. The molecule has 1 aromatic heterocycles. The summed E-state index contributed by atoms with van der Waals surface area (Å²) in [5.74, 6) is 0. The number of allylic oxidation sites excluding steroid dienone is 4. The summed E-state index contributed by atoms with van der Waals surface area (Å²) in [5.41, 5.74) is 4.08. The Balaban J connectivity index is 1.76. The van der Waals surface area contributed by atoms with E-state index >= 15 is 0 Å². The van der Waals surface area contributed by atoms with Crippen LogP contribution in [0, 0.1) is 5.41 Å². The third-order valence-corrected chi connectivity index (χ3v) is 5.63. The minimum absolute atomic E-state index is 0.0167. The van der Waals surface area contributed by atoms with Crippen molar-refractivity contribution in [1.29, 1.82) is 0 Å². The molecule has 0 atom stereocenters. The van der Waals surface area contributed by atoms with Gasteiger partial charge < -0.3 is 0 Å². The second kappa shape index (κ2) is 5.28. The molecule has 122 valence electrons. The van der Waals surface area contributed by atoms with Crippen LogP contribution in [0.1, 0.15) is 24.1 Å². The average molecular weight is 359 g/mol. The Labute approximate surface area is 145 Å². The molecule has 0 amide bonds. The number of aromatic nitrogens is 1. The minimum atomic E-state index is -3.74. The second-order valence-corrected chi connectivity index (χ2v) is 8.28. The number of benzene rings is 1. The van der Waals surface area contributed by atoms with Gasteiger partial charge in [0.15, 0.2) is 0 Å². The van der Waals surface area contributed by atoms with Gasteiger partial charge >= 0.3 is 0 Å². The number of primary sulfonamides is 1. The average Bonchev–Trinajstić information content (AvgIpc) is 3.19. The van der Waals surface area contributed by atoms with E-state index in [2.05, 4.69) is 17.1 Å². The summed E-state index contributed by atoms with van der Waals surface area (Å²) < 4.78 is 22.8. The predicted octanol–water partition coefficient (Wildman–Crippen LogP) is 3.64. The van der Waals surface area contributed by atoms with E-state index in [1.807, 2.05) is 24.3 Å². The predicted molar refractivity (Wildman–Crippen MR) is 94.7 cm³/mol. The maximum Gasteiger partial charge on any atom is 0.239 e. The van der Waals surface area contributed by atoms with Crippen LogP contribution in [0.25, 0.3) is 11.1 Å². The van der Waals surface area contributed by atoms with Crippen LogP contribution < -0.4 is 5.14 Å². The van der Waals surface area contributed by atoms with E-state index < -0.39 is 10.0 Å². The topological polar surface area (TPSA) is 73.1 Å². The van der Waals surface area contributed by atoms with Crippen molar-refractivity contribution in [2.45, 2.75) is 17.7 Å². The first kappa shape index (κ1) is 15.6. The van der Waals surface area contributed by atoms with Crippen molar-refractivity contribution in [2.75, 3.05) is 0 Å². The Morgan fingerprint density at radius 3 is 2.21 bits per heavy atom.